The van der Waals surface area contributed by atoms with Crippen molar-refractivity contribution in [3.8, 4) is 0 Å². The first-order chi connectivity index (χ1) is 7.66. The van der Waals surface area contributed by atoms with Crippen LogP contribution in [0.15, 0.2) is 6.07 Å². The molecule has 3 nitrogen and oxygen atoms in total. The van der Waals surface area contributed by atoms with Gasteiger partial charge in [0.25, 0.3) is 0 Å². The number of nitrogens with zero attached hydrogens (tertiary/aromatic N) is 1. The summed E-state index contributed by atoms with van der Waals surface area (Å²) >= 11 is 0. The molecule has 0 bridgehead atoms. The van der Waals surface area contributed by atoms with Crippen LogP contribution < -0.4 is 0 Å². The summed E-state index contributed by atoms with van der Waals surface area (Å²) in [5.41, 5.74) is 3.21. The minimum absolute atomic E-state index is 0.162. The third-order valence-electron chi connectivity index (χ3n) is 3.32. The van der Waals surface area contributed by atoms with Crippen molar-refractivity contribution < 1.29 is 9.90 Å². The number of carboxylic acid groups (broad SMARTS) is 1. The topological polar surface area (TPSA) is 42.2 Å². The summed E-state index contributed by atoms with van der Waals surface area (Å²) < 4.78 is 2.26. The summed E-state index contributed by atoms with van der Waals surface area (Å²) in [7, 11) is 0. The van der Waals surface area contributed by atoms with Crippen molar-refractivity contribution in [2.75, 3.05) is 0 Å². The van der Waals surface area contributed by atoms with Crippen LogP contribution in [0.5, 0.6) is 0 Å². The number of carbonyl (C=O) groups is 1. The van der Waals surface area contributed by atoms with Gasteiger partial charge in [-0.2, -0.15) is 0 Å². The minimum atomic E-state index is -0.746. The van der Waals surface area contributed by atoms with Crippen LogP contribution >= 0.6 is 0 Å². The first-order valence-electron chi connectivity index (χ1n) is 6.07. The monoisotopic (exact) mass is 237 g/mol. The SMILES string of the molecule is Cc1cc(C(C)(C)CC(=O)O)c(C)n1C(C)C. The number of carboxylic acids is 1. The summed E-state index contributed by atoms with van der Waals surface area (Å²) in [6, 6.07) is 2.53. The van der Waals surface area contributed by atoms with Crippen LogP contribution in [0.3, 0.4) is 0 Å². The van der Waals surface area contributed by atoms with Gasteiger partial charge in [0.2, 0.25) is 0 Å². The number of hydrogen-bond acceptors (Lipinski definition) is 1. The molecular weight excluding hydrogens is 214 g/mol. The van der Waals surface area contributed by atoms with Gasteiger partial charge in [-0.1, -0.05) is 13.8 Å². The molecule has 0 aromatic carbocycles. The molecule has 0 saturated carbocycles. The van der Waals surface area contributed by atoms with E-state index in [1.165, 1.54) is 11.4 Å². The zero-order valence-corrected chi connectivity index (χ0v) is 11.7. The van der Waals surface area contributed by atoms with Crippen molar-refractivity contribution in [1.29, 1.82) is 0 Å². The Kier molecular flexibility index (Phi) is 3.70. The lowest BCUT2D eigenvalue weighted by atomic mass is 9.81. The molecule has 0 aliphatic rings. The summed E-state index contributed by atoms with van der Waals surface area (Å²) in [5.74, 6) is -0.746. The highest BCUT2D eigenvalue weighted by atomic mass is 16.4. The predicted octanol–water partition coefficient (Wildman–Crippen LogP) is 3.44. The van der Waals surface area contributed by atoms with Crippen LogP contribution in [0.4, 0.5) is 0 Å². The zero-order valence-electron chi connectivity index (χ0n) is 11.7. The molecule has 0 radical (unpaired) electrons. The summed E-state index contributed by atoms with van der Waals surface area (Å²) in [5, 5.41) is 8.98. The lowest BCUT2D eigenvalue weighted by Gasteiger charge is -2.24. The fraction of sp³-hybridized carbons (Fsp3) is 0.643. The van der Waals surface area contributed by atoms with Crippen molar-refractivity contribution in [2.24, 2.45) is 0 Å². The first-order valence-corrected chi connectivity index (χ1v) is 6.07. The van der Waals surface area contributed by atoms with Gasteiger partial charge in [0.05, 0.1) is 6.42 Å². The molecule has 0 saturated heterocycles. The lowest BCUT2D eigenvalue weighted by molar-refractivity contribution is -0.138. The molecular formula is C14H23NO2. The van der Waals surface area contributed by atoms with Gasteiger partial charge < -0.3 is 9.67 Å². The fourth-order valence-electron chi connectivity index (χ4n) is 2.73. The van der Waals surface area contributed by atoms with E-state index in [0.29, 0.717) is 6.04 Å². The van der Waals surface area contributed by atoms with Gasteiger partial charge >= 0.3 is 5.97 Å². The number of rotatable bonds is 4. The molecule has 3 heteroatoms. The maximum absolute atomic E-state index is 10.9. The molecule has 1 heterocycles. The van der Waals surface area contributed by atoms with E-state index in [-0.39, 0.29) is 11.8 Å². The third-order valence-corrected chi connectivity index (χ3v) is 3.32. The molecule has 1 aromatic heterocycles. The fourth-order valence-corrected chi connectivity index (χ4v) is 2.73. The summed E-state index contributed by atoms with van der Waals surface area (Å²) in [6.45, 7) is 12.4. The van der Waals surface area contributed by atoms with Gasteiger partial charge in [0.1, 0.15) is 0 Å². The van der Waals surface area contributed by atoms with Crippen molar-refractivity contribution in [1.82, 2.24) is 4.57 Å². The van der Waals surface area contributed by atoms with Crippen molar-refractivity contribution in [2.45, 2.75) is 59.4 Å². The van der Waals surface area contributed by atoms with Gasteiger partial charge in [0, 0.05) is 22.8 Å². The van der Waals surface area contributed by atoms with Gasteiger partial charge in [0.15, 0.2) is 0 Å². The lowest BCUT2D eigenvalue weighted by Crippen LogP contribution is -2.22. The molecule has 17 heavy (non-hydrogen) atoms. The molecule has 0 aliphatic heterocycles. The van der Waals surface area contributed by atoms with Gasteiger partial charge in [-0.05, 0) is 39.3 Å². The van der Waals surface area contributed by atoms with E-state index in [4.69, 9.17) is 5.11 Å². The van der Waals surface area contributed by atoms with E-state index in [1.54, 1.807) is 0 Å². The predicted molar refractivity (Wildman–Crippen MR) is 69.6 cm³/mol. The highest BCUT2D eigenvalue weighted by Gasteiger charge is 2.28. The van der Waals surface area contributed by atoms with Crippen LogP contribution in [-0.2, 0) is 10.2 Å². The molecule has 0 unspecified atom stereocenters. The molecule has 96 valence electrons. The molecule has 0 amide bonds. The Morgan fingerprint density at radius 2 is 1.94 bits per heavy atom. The Labute approximate surface area is 103 Å². The number of hydrogen-bond donors (Lipinski definition) is 1. The number of aliphatic carboxylic acids is 1. The second kappa shape index (κ2) is 4.55. The maximum atomic E-state index is 10.9. The van der Waals surface area contributed by atoms with E-state index in [1.807, 2.05) is 13.8 Å². The zero-order chi connectivity index (χ0) is 13.4. The average molecular weight is 237 g/mol. The number of aryl methyl sites for hydroxylation is 1. The van der Waals surface area contributed by atoms with Crippen LogP contribution in [-0.4, -0.2) is 15.6 Å². The second-order valence-corrected chi connectivity index (χ2v) is 5.70. The Morgan fingerprint density at radius 1 is 1.41 bits per heavy atom. The van der Waals surface area contributed by atoms with Gasteiger partial charge in [-0.25, -0.2) is 0 Å². The van der Waals surface area contributed by atoms with Crippen molar-refractivity contribution in [3.63, 3.8) is 0 Å². The highest BCUT2D eigenvalue weighted by Crippen LogP contribution is 2.33. The first kappa shape index (κ1) is 13.8. The Bertz CT molecular complexity index is 428. The summed E-state index contributed by atoms with van der Waals surface area (Å²) in [6.07, 6.45) is 0.162. The average Bonchev–Trinajstić information content (AvgIpc) is 2.39. The Morgan fingerprint density at radius 3 is 2.29 bits per heavy atom. The van der Waals surface area contributed by atoms with E-state index in [9.17, 15) is 4.79 Å². The van der Waals surface area contributed by atoms with E-state index < -0.39 is 5.97 Å². The highest BCUT2D eigenvalue weighted by molar-refractivity contribution is 5.69. The maximum Gasteiger partial charge on any atom is 0.304 e. The van der Waals surface area contributed by atoms with E-state index in [0.717, 1.165) is 5.56 Å². The largest absolute Gasteiger partial charge is 0.481 e. The molecule has 0 aliphatic carbocycles. The Hall–Kier alpha value is -1.25. The molecule has 1 N–H and O–H groups in total. The normalized spacial score (nSPS) is 12.2. The van der Waals surface area contributed by atoms with Crippen LogP contribution in [0, 0.1) is 13.8 Å². The van der Waals surface area contributed by atoms with E-state index in [2.05, 4.69) is 38.3 Å². The van der Waals surface area contributed by atoms with Crippen LogP contribution in [0.25, 0.3) is 0 Å². The molecule has 1 aromatic rings. The minimum Gasteiger partial charge on any atom is -0.481 e. The summed E-state index contributed by atoms with van der Waals surface area (Å²) in [4.78, 5) is 10.9. The van der Waals surface area contributed by atoms with Gasteiger partial charge in [-0.15, -0.1) is 0 Å². The Balaban J connectivity index is 3.24. The number of aromatic nitrogens is 1. The van der Waals surface area contributed by atoms with Crippen molar-refractivity contribution >= 4 is 5.97 Å². The quantitative estimate of drug-likeness (QED) is 0.871. The second-order valence-electron chi connectivity index (χ2n) is 5.70. The molecule has 0 atom stereocenters. The van der Waals surface area contributed by atoms with Crippen LogP contribution in [0.2, 0.25) is 0 Å². The van der Waals surface area contributed by atoms with E-state index >= 15 is 0 Å². The van der Waals surface area contributed by atoms with Crippen molar-refractivity contribution in [3.05, 3.63) is 23.0 Å². The smallest absolute Gasteiger partial charge is 0.304 e. The van der Waals surface area contributed by atoms with Gasteiger partial charge in [-0.3, -0.25) is 4.79 Å². The molecule has 0 spiro atoms. The third kappa shape index (κ3) is 2.71. The molecule has 1 rings (SSSR count). The van der Waals surface area contributed by atoms with Crippen LogP contribution in [0.1, 0.15) is 57.1 Å². The standard InChI is InChI=1S/C14H23NO2/c1-9(2)15-10(3)7-12(11(15)4)14(5,6)8-13(16)17/h7,9H,8H2,1-6H3,(H,16,17). The molecule has 0 fully saturated rings.